The Morgan fingerprint density at radius 1 is 1.04 bits per heavy atom. The molecule has 5 aliphatic rings. The van der Waals surface area contributed by atoms with E-state index in [2.05, 4.69) is 20.8 Å². The van der Waals surface area contributed by atoms with Gasteiger partial charge in [0.05, 0.1) is 31.2 Å². The summed E-state index contributed by atoms with van der Waals surface area (Å²) in [4.78, 5) is 53.4. The van der Waals surface area contributed by atoms with Gasteiger partial charge in [0, 0.05) is 53.4 Å². The molecule has 0 spiro atoms. The van der Waals surface area contributed by atoms with Crippen molar-refractivity contribution >= 4 is 23.9 Å². The summed E-state index contributed by atoms with van der Waals surface area (Å²) in [5, 5.41) is 0. The summed E-state index contributed by atoms with van der Waals surface area (Å²) in [5.41, 5.74) is 0.851. The fourth-order valence-corrected chi connectivity index (χ4v) is 10.2. The van der Waals surface area contributed by atoms with Crippen LogP contribution in [0.3, 0.4) is 0 Å². The molecule has 2 saturated heterocycles. The Balaban J connectivity index is 1.59. The summed E-state index contributed by atoms with van der Waals surface area (Å²) in [6.45, 7) is 16.9. The summed E-state index contributed by atoms with van der Waals surface area (Å²) < 4.78 is 37.4. The average Bonchev–Trinajstić information content (AvgIpc) is 3.72. The van der Waals surface area contributed by atoms with Crippen LogP contribution in [-0.2, 0) is 42.9 Å². The van der Waals surface area contributed by atoms with E-state index >= 15 is 0 Å². The second kappa shape index (κ2) is 11.6. The van der Waals surface area contributed by atoms with E-state index in [1.54, 1.807) is 46.3 Å². The van der Waals surface area contributed by atoms with Gasteiger partial charge < -0.3 is 28.1 Å². The summed E-state index contributed by atoms with van der Waals surface area (Å²) in [6, 6.07) is 1.93. The number of allylic oxidation sites excluding steroid dienone is 2. The number of hydrogen-bond acceptors (Lipinski definition) is 10. The molecule has 10 nitrogen and oxygen atoms in total. The molecule has 0 amide bonds. The van der Waals surface area contributed by atoms with Crippen LogP contribution in [0.4, 0.5) is 0 Å². The highest BCUT2D eigenvalue weighted by Crippen LogP contribution is 2.72. The van der Waals surface area contributed by atoms with Crippen molar-refractivity contribution in [2.45, 2.75) is 118 Å². The Bertz CT molecular complexity index is 1520. The number of carbonyl (C=O) groups excluding carboxylic acids is 4. The van der Waals surface area contributed by atoms with Gasteiger partial charge in [-0.1, -0.05) is 46.3 Å². The van der Waals surface area contributed by atoms with Crippen LogP contribution in [0.2, 0.25) is 0 Å². The molecule has 4 fully saturated rings. The van der Waals surface area contributed by atoms with Gasteiger partial charge in [0.25, 0.3) is 0 Å². The largest absolute Gasteiger partial charge is 0.472 e. The van der Waals surface area contributed by atoms with E-state index in [1.165, 1.54) is 6.92 Å². The van der Waals surface area contributed by atoms with E-state index in [4.69, 9.17) is 28.1 Å². The fraction of sp³-hybridized carbons (Fsp3) is 0.676. The lowest BCUT2D eigenvalue weighted by molar-refractivity contribution is -0.258. The van der Waals surface area contributed by atoms with Crippen LogP contribution in [0, 0.1) is 34.0 Å². The Kier molecular flexibility index (Phi) is 8.29. The second-order valence-corrected chi connectivity index (χ2v) is 15.3. The zero-order chi connectivity index (χ0) is 34.2. The van der Waals surface area contributed by atoms with Gasteiger partial charge >= 0.3 is 23.9 Å². The van der Waals surface area contributed by atoms with Gasteiger partial charge in [-0.05, 0) is 50.3 Å². The summed E-state index contributed by atoms with van der Waals surface area (Å²) in [7, 11) is 0. The van der Waals surface area contributed by atoms with Gasteiger partial charge in [0.15, 0.2) is 0 Å². The standard InChI is InChI=1S/C37H48O10/c1-10-19(4)34(41)47-32-30-31-35(7,17-43-30)26(46-33(40)18(2)3)15-27(44-21(6)38)36(31,8)25-14-28(39)45-24-13-23(22-11-12-42-16-22)20(5)29(24)37(25,32)9/h10-12,16,18,23-27,30-32H,13-15,17H2,1-9H3/b19-10+/t23-,24-,25-,26-,27+,30-,31+,32-,35+,36-,37-/m1/s1. The number of fused-ring (bicyclic) bond motifs is 4. The van der Waals surface area contributed by atoms with Gasteiger partial charge in [-0.15, -0.1) is 0 Å². The monoisotopic (exact) mass is 652 g/mol. The van der Waals surface area contributed by atoms with Crippen molar-refractivity contribution in [3.63, 3.8) is 0 Å². The molecular weight excluding hydrogens is 604 g/mol. The van der Waals surface area contributed by atoms with Crippen LogP contribution in [0.5, 0.6) is 0 Å². The van der Waals surface area contributed by atoms with Crippen LogP contribution in [0.15, 0.2) is 45.8 Å². The van der Waals surface area contributed by atoms with E-state index in [1.807, 2.05) is 13.0 Å². The highest BCUT2D eigenvalue weighted by atomic mass is 16.6. The zero-order valence-corrected chi connectivity index (χ0v) is 28.9. The first-order valence-electron chi connectivity index (χ1n) is 16.8. The first-order chi connectivity index (χ1) is 22.1. The molecule has 0 aromatic carbocycles. The molecule has 47 heavy (non-hydrogen) atoms. The predicted octanol–water partition coefficient (Wildman–Crippen LogP) is 5.84. The van der Waals surface area contributed by atoms with Gasteiger partial charge in [-0.3, -0.25) is 14.4 Å². The van der Waals surface area contributed by atoms with E-state index in [9.17, 15) is 19.2 Å². The maximum absolute atomic E-state index is 13.9. The van der Waals surface area contributed by atoms with Crippen LogP contribution >= 0.6 is 0 Å². The van der Waals surface area contributed by atoms with Crippen molar-refractivity contribution in [1.82, 2.24) is 0 Å². The average molecular weight is 653 g/mol. The Morgan fingerprint density at radius 3 is 2.38 bits per heavy atom. The summed E-state index contributed by atoms with van der Waals surface area (Å²) in [6.07, 6.45) is 2.50. The van der Waals surface area contributed by atoms with E-state index in [0.717, 1.165) is 16.7 Å². The lowest BCUT2D eigenvalue weighted by Gasteiger charge is -2.66. The second-order valence-electron chi connectivity index (χ2n) is 15.3. The number of carbonyl (C=O) groups is 4. The van der Waals surface area contributed by atoms with Crippen LogP contribution in [0.25, 0.3) is 0 Å². The van der Waals surface area contributed by atoms with Gasteiger partial charge in [0.2, 0.25) is 0 Å². The maximum Gasteiger partial charge on any atom is 0.333 e. The molecule has 3 aliphatic carbocycles. The van der Waals surface area contributed by atoms with Crippen LogP contribution < -0.4 is 0 Å². The normalized spacial score (nSPS) is 41.0. The van der Waals surface area contributed by atoms with Crippen molar-refractivity contribution in [1.29, 1.82) is 0 Å². The van der Waals surface area contributed by atoms with Gasteiger partial charge in [-0.25, -0.2) is 4.79 Å². The highest BCUT2D eigenvalue weighted by Gasteiger charge is 2.78. The molecule has 0 bridgehead atoms. The van der Waals surface area contributed by atoms with Crippen molar-refractivity contribution < 1.29 is 47.3 Å². The third kappa shape index (κ3) is 4.91. The third-order valence-electron chi connectivity index (χ3n) is 12.4. The molecule has 2 saturated carbocycles. The number of furan rings is 1. The van der Waals surface area contributed by atoms with Crippen LogP contribution in [0.1, 0.15) is 93.1 Å². The van der Waals surface area contributed by atoms with E-state index < -0.39 is 70.5 Å². The lowest BCUT2D eigenvalue weighted by atomic mass is 9.39. The number of ether oxygens (including phenoxy) is 5. The SMILES string of the molecule is C/C=C(\C)C(=O)O[C@@H]1[C@@H]2OC[C@@]3(C)[C@H](OC(=O)C(C)C)C[C@H](OC(C)=O)[C@](C)([C@@H]23)[C@H]2CC(=O)O[C@@H]3C[C@@H](c4ccoc4)C(C)=C3[C@]12C. The molecule has 1 aromatic heterocycles. The maximum atomic E-state index is 13.9. The Hall–Kier alpha value is -3.40. The number of hydrogen-bond donors (Lipinski definition) is 0. The molecule has 0 unspecified atom stereocenters. The topological polar surface area (TPSA) is 128 Å². The Labute approximate surface area is 276 Å². The molecule has 2 aliphatic heterocycles. The minimum atomic E-state index is -0.954. The molecule has 11 atom stereocenters. The Morgan fingerprint density at radius 2 is 1.77 bits per heavy atom. The van der Waals surface area contributed by atoms with Crippen molar-refractivity contribution in [2.24, 2.45) is 34.0 Å². The molecule has 3 heterocycles. The van der Waals surface area contributed by atoms with Crippen molar-refractivity contribution in [3.05, 3.63) is 47.0 Å². The lowest BCUT2D eigenvalue weighted by Crippen LogP contribution is -2.72. The van der Waals surface area contributed by atoms with Gasteiger partial charge in [0.1, 0.15) is 24.4 Å². The molecule has 6 rings (SSSR count). The van der Waals surface area contributed by atoms with Crippen molar-refractivity contribution in [2.75, 3.05) is 6.61 Å². The first kappa shape index (κ1) is 33.5. The van der Waals surface area contributed by atoms with Crippen molar-refractivity contribution in [3.8, 4) is 0 Å². The van der Waals surface area contributed by atoms with Crippen LogP contribution in [-0.4, -0.2) is 61.0 Å². The minimum absolute atomic E-state index is 0.0286. The molecular formula is C37H48O10. The minimum Gasteiger partial charge on any atom is -0.472 e. The predicted molar refractivity (Wildman–Crippen MR) is 169 cm³/mol. The smallest absolute Gasteiger partial charge is 0.333 e. The first-order valence-corrected chi connectivity index (χ1v) is 16.8. The summed E-state index contributed by atoms with van der Waals surface area (Å²) in [5.74, 6) is -2.96. The molecule has 10 heteroatoms. The third-order valence-corrected chi connectivity index (χ3v) is 12.4. The quantitative estimate of drug-likeness (QED) is 0.160. The molecule has 1 aromatic rings. The molecule has 256 valence electrons. The molecule has 0 N–H and O–H groups in total. The van der Waals surface area contributed by atoms with E-state index in [-0.39, 0.29) is 43.2 Å². The molecule has 0 radical (unpaired) electrons. The van der Waals surface area contributed by atoms with E-state index in [0.29, 0.717) is 12.0 Å². The summed E-state index contributed by atoms with van der Waals surface area (Å²) >= 11 is 0. The number of esters is 4. The zero-order valence-electron chi connectivity index (χ0n) is 28.9. The number of rotatable bonds is 6. The fourth-order valence-electron chi connectivity index (χ4n) is 10.2. The van der Waals surface area contributed by atoms with Gasteiger partial charge in [-0.2, -0.15) is 0 Å². The highest BCUT2D eigenvalue weighted by molar-refractivity contribution is 5.88.